The zero-order valence-electron chi connectivity index (χ0n) is 17.1. The van der Waals surface area contributed by atoms with Crippen molar-refractivity contribution < 1.29 is 14.3 Å². The van der Waals surface area contributed by atoms with Crippen molar-refractivity contribution in [3.63, 3.8) is 0 Å². The van der Waals surface area contributed by atoms with E-state index in [0.717, 1.165) is 5.69 Å². The highest BCUT2D eigenvalue weighted by molar-refractivity contribution is 7.99. The molecule has 0 bridgehead atoms. The zero-order chi connectivity index (χ0) is 22.1. The van der Waals surface area contributed by atoms with Crippen molar-refractivity contribution in [3.8, 4) is 5.75 Å². The minimum Gasteiger partial charge on any atom is -0.496 e. The molecule has 9 heteroatoms. The highest BCUT2D eigenvalue weighted by Crippen LogP contribution is 2.19. The van der Waals surface area contributed by atoms with E-state index in [4.69, 9.17) is 4.74 Å². The Hall–Kier alpha value is -3.59. The van der Waals surface area contributed by atoms with Crippen LogP contribution in [-0.2, 0) is 17.9 Å². The summed E-state index contributed by atoms with van der Waals surface area (Å²) in [6.07, 6.45) is 1.71. The Labute approximate surface area is 184 Å². The number of para-hydroxylation sites is 2. The van der Waals surface area contributed by atoms with Crippen molar-refractivity contribution in [1.82, 2.24) is 20.1 Å². The number of hydrogen-bond donors (Lipinski definition) is 2. The lowest BCUT2D eigenvalue weighted by atomic mass is 10.2. The predicted molar refractivity (Wildman–Crippen MR) is 120 cm³/mol. The van der Waals surface area contributed by atoms with E-state index in [0.29, 0.717) is 28.8 Å². The molecule has 0 fully saturated rings. The van der Waals surface area contributed by atoms with Gasteiger partial charge in [0.2, 0.25) is 5.91 Å². The molecule has 0 saturated heterocycles. The van der Waals surface area contributed by atoms with E-state index in [2.05, 4.69) is 27.4 Å². The number of carbonyl (C=O) groups excluding carboxylic acids is 2. The second-order valence-electron chi connectivity index (χ2n) is 6.38. The number of nitrogens with zero attached hydrogens (tertiary/aromatic N) is 3. The maximum atomic E-state index is 12.5. The molecule has 8 nitrogen and oxygen atoms in total. The van der Waals surface area contributed by atoms with Crippen LogP contribution in [0.25, 0.3) is 0 Å². The number of benzene rings is 2. The van der Waals surface area contributed by atoms with Gasteiger partial charge in [-0.25, -0.2) is 0 Å². The summed E-state index contributed by atoms with van der Waals surface area (Å²) in [5.74, 6) is 0.817. The molecular weight excluding hydrogens is 414 g/mol. The lowest BCUT2D eigenvalue weighted by molar-refractivity contribution is -0.113. The standard InChI is InChI=1S/C22H23N5O3S/c1-3-13-27-19(14-23-21(29)17-11-7-8-12-18(17)30-2)25-26-22(27)31-15-20(28)24-16-9-5-4-6-10-16/h3-12H,1,13-15H2,2H3,(H,23,29)(H,24,28). The molecule has 0 spiro atoms. The van der Waals surface area contributed by atoms with E-state index < -0.39 is 0 Å². The predicted octanol–water partition coefficient (Wildman–Crippen LogP) is 3.13. The van der Waals surface area contributed by atoms with Crippen LogP contribution in [0.2, 0.25) is 0 Å². The fourth-order valence-corrected chi connectivity index (χ4v) is 3.57. The van der Waals surface area contributed by atoms with Gasteiger partial charge in [0.1, 0.15) is 5.75 Å². The van der Waals surface area contributed by atoms with E-state index in [9.17, 15) is 9.59 Å². The van der Waals surface area contributed by atoms with E-state index in [1.54, 1.807) is 30.3 Å². The first-order chi connectivity index (χ1) is 15.1. The van der Waals surface area contributed by atoms with Crippen LogP contribution in [0.3, 0.4) is 0 Å². The summed E-state index contributed by atoms with van der Waals surface area (Å²) in [7, 11) is 1.52. The molecule has 0 saturated carbocycles. The minimum absolute atomic E-state index is 0.143. The van der Waals surface area contributed by atoms with Gasteiger partial charge in [0.05, 0.1) is 25.0 Å². The molecule has 2 amide bonds. The molecule has 0 aliphatic carbocycles. The van der Waals surface area contributed by atoms with E-state index in [1.807, 2.05) is 34.9 Å². The van der Waals surface area contributed by atoms with Gasteiger partial charge in [-0.1, -0.05) is 48.2 Å². The van der Waals surface area contributed by atoms with Crippen LogP contribution < -0.4 is 15.4 Å². The Morgan fingerprint density at radius 3 is 2.61 bits per heavy atom. The van der Waals surface area contributed by atoms with E-state index in [-0.39, 0.29) is 24.1 Å². The van der Waals surface area contributed by atoms with Gasteiger partial charge in [-0.05, 0) is 24.3 Å². The summed E-state index contributed by atoms with van der Waals surface area (Å²) >= 11 is 1.27. The van der Waals surface area contributed by atoms with E-state index >= 15 is 0 Å². The number of aromatic nitrogens is 3. The third-order valence-corrected chi connectivity index (χ3v) is 5.22. The molecule has 2 aromatic carbocycles. The fourth-order valence-electron chi connectivity index (χ4n) is 2.80. The lowest BCUT2D eigenvalue weighted by Gasteiger charge is -2.10. The molecular formula is C22H23N5O3S. The van der Waals surface area contributed by atoms with Crippen molar-refractivity contribution in [1.29, 1.82) is 0 Å². The van der Waals surface area contributed by atoms with Crippen LogP contribution in [0.5, 0.6) is 5.75 Å². The normalized spacial score (nSPS) is 10.4. The molecule has 160 valence electrons. The monoisotopic (exact) mass is 437 g/mol. The third-order valence-electron chi connectivity index (χ3n) is 4.25. The highest BCUT2D eigenvalue weighted by Gasteiger charge is 2.16. The number of nitrogens with one attached hydrogen (secondary N) is 2. The molecule has 0 aliphatic heterocycles. The van der Waals surface area contributed by atoms with Gasteiger partial charge < -0.3 is 19.9 Å². The summed E-state index contributed by atoms with van der Waals surface area (Å²) in [6, 6.07) is 16.2. The number of methoxy groups -OCH3 is 1. The summed E-state index contributed by atoms with van der Waals surface area (Å²) in [5, 5.41) is 14.6. The number of hydrogen-bond acceptors (Lipinski definition) is 6. The van der Waals surface area contributed by atoms with Crippen LogP contribution in [-0.4, -0.2) is 39.4 Å². The molecule has 0 unspecified atom stereocenters. The lowest BCUT2D eigenvalue weighted by Crippen LogP contribution is -2.25. The van der Waals surface area contributed by atoms with Gasteiger partial charge in [-0.15, -0.1) is 16.8 Å². The summed E-state index contributed by atoms with van der Waals surface area (Å²) in [6.45, 7) is 4.39. The maximum Gasteiger partial charge on any atom is 0.255 e. The highest BCUT2D eigenvalue weighted by atomic mass is 32.2. The largest absolute Gasteiger partial charge is 0.496 e. The minimum atomic E-state index is -0.276. The first-order valence-corrected chi connectivity index (χ1v) is 10.5. The van der Waals surface area contributed by atoms with Gasteiger partial charge in [0.25, 0.3) is 5.91 Å². The molecule has 0 radical (unpaired) electrons. The Kier molecular flexibility index (Phi) is 7.83. The Balaban J connectivity index is 1.62. The van der Waals surface area contributed by atoms with Crippen molar-refractivity contribution in [3.05, 3.63) is 78.6 Å². The maximum absolute atomic E-state index is 12.5. The Morgan fingerprint density at radius 2 is 1.87 bits per heavy atom. The number of carbonyl (C=O) groups is 2. The second-order valence-corrected chi connectivity index (χ2v) is 7.33. The number of anilines is 1. The summed E-state index contributed by atoms with van der Waals surface area (Å²) in [4.78, 5) is 24.8. The number of rotatable bonds is 10. The smallest absolute Gasteiger partial charge is 0.255 e. The average molecular weight is 438 g/mol. The Morgan fingerprint density at radius 1 is 1.13 bits per heavy atom. The molecule has 3 aromatic rings. The van der Waals surface area contributed by atoms with Crippen LogP contribution >= 0.6 is 11.8 Å². The van der Waals surface area contributed by atoms with Gasteiger partial charge in [0.15, 0.2) is 11.0 Å². The van der Waals surface area contributed by atoms with Gasteiger partial charge in [-0.3, -0.25) is 9.59 Å². The number of allylic oxidation sites excluding steroid dienone is 1. The first kappa shape index (κ1) is 22.1. The number of thioether (sulfide) groups is 1. The van der Waals surface area contributed by atoms with E-state index in [1.165, 1.54) is 18.9 Å². The number of ether oxygens (including phenoxy) is 1. The third kappa shape index (κ3) is 5.95. The second kappa shape index (κ2) is 11.0. The summed E-state index contributed by atoms with van der Waals surface area (Å²) in [5.41, 5.74) is 1.17. The van der Waals surface area contributed by atoms with Crippen molar-refractivity contribution in [2.75, 3.05) is 18.2 Å². The average Bonchev–Trinajstić information content (AvgIpc) is 3.18. The molecule has 1 aromatic heterocycles. The topological polar surface area (TPSA) is 98.1 Å². The van der Waals surface area contributed by atoms with Crippen LogP contribution in [0, 0.1) is 0 Å². The molecule has 0 aliphatic rings. The van der Waals surface area contributed by atoms with Crippen LogP contribution in [0.15, 0.2) is 72.4 Å². The Bertz CT molecular complexity index is 1050. The molecule has 31 heavy (non-hydrogen) atoms. The molecule has 0 atom stereocenters. The van der Waals surface area contributed by atoms with Crippen LogP contribution in [0.1, 0.15) is 16.2 Å². The van der Waals surface area contributed by atoms with Gasteiger partial charge in [0, 0.05) is 12.2 Å². The quantitative estimate of drug-likeness (QED) is 0.374. The SMILES string of the molecule is C=CCn1c(CNC(=O)c2ccccc2OC)nnc1SCC(=O)Nc1ccccc1. The molecule has 1 heterocycles. The summed E-state index contributed by atoms with van der Waals surface area (Å²) < 4.78 is 7.05. The van der Waals surface area contributed by atoms with Gasteiger partial charge >= 0.3 is 0 Å². The van der Waals surface area contributed by atoms with Crippen LogP contribution in [0.4, 0.5) is 5.69 Å². The zero-order valence-corrected chi connectivity index (χ0v) is 17.9. The van der Waals surface area contributed by atoms with Crippen molar-refractivity contribution in [2.24, 2.45) is 0 Å². The molecule has 2 N–H and O–H groups in total. The fraction of sp³-hybridized carbons (Fsp3) is 0.182. The number of amides is 2. The first-order valence-electron chi connectivity index (χ1n) is 9.54. The van der Waals surface area contributed by atoms with Crippen molar-refractivity contribution >= 4 is 29.3 Å². The van der Waals surface area contributed by atoms with Gasteiger partial charge in [-0.2, -0.15) is 0 Å². The molecule has 3 rings (SSSR count). The van der Waals surface area contributed by atoms with Crippen molar-refractivity contribution in [2.45, 2.75) is 18.2 Å².